The Morgan fingerprint density at radius 3 is 2.47 bits per heavy atom. The fourth-order valence-electron chi connectivity index (χ4n) is 1.33. The van der Waals surface area contributed by atoms with Crippen LogP contribution in [0.4, 0.5) is 0 Å². The van der Waals surface area contributed by atoms with Gasteiger partial charge in [0.2, 0.25) is 0 Å². The number of rotatable bonds is 6. The van der Waals surface area contributed by atoms with Crippen LogP contribution in [0.25, 0.3) is 0 Å². The van der Waals surface area contributed by atoms with Gasteiger partial charge in [0.15, 0.2) is 0 Å². The maximum absolute atomic E-state index is 5.03. The molecule has 0 atom stereocenters. The van der Waals surface area contributed by atoms with Crippen molar-refractivity contribution in [3.05, 3.63) is 34.3 Å². The van der Waals surface area contributed by atoms with E-state index in [2.05, 4.69) is 52.1 Å². The second-order valence-electron chi connectivity index (χ2n) is 3.67. The monoisotopic (exact) mass is 271 g/mol. The Bertz CT molecular complexity index is 273. The predicted molar refractivity (Wildman–Crippen MR) is 67.2 cm³/mol. The third kappa shape index (κ3) is 5.30. The molecule has 3 heteroatoms. The molecule has 0 saturated carbocycles. The lowest BCUT2D eigenvalue weighted by Crippen LogP contribution is -2.25. The zero-order valence-corrected chi connectivity index (χ0v) is 11.0. The Morgan fingerprint density at radius 2 is 1.87 bits per heavy atom. The Hall–Kier alpha value is -0.380. The van der Waals surface area contributed by atoms with E-state index in [9.17, 15) is 0 Å². The third-order valence-corrected chi connectivity index (χ3v) is 2.90. The topological polar surface area (TPSA) is 12.5 Å². The van der Waals surface area contributed by atoms with Crippen molar-refractivity contribution in [1.82, 2.24) is 4.90 Å². The number of methoxy groups -OCH3 is 1. The third-order valence-electron chi connectivity index (χ3n) is 2.37. The Balaban J connectivity index is 2.27. The van der Waals surface area contributed by atoms with Gasteiger partial charge in [0.05, 0.1) is 6.61 Å². The van der Waals surface area contributed by atoms with E-state index in [0.717, 1.165) is 30.6 Å². The average molecular weight is 272 g/mol. The maximum Gasteiger partial charge on any atom is 0.0589 e. The van der Waals surface area contributed by atoms with Crippen LogP contribution in [0.3, 0.4) is 0 Å². The molecule has 0 aliphatic carbocycles. The molecule has 1 rings (SSSR count). The highest BCUT2D eigenvalue weighted by molar-refractivity contribution is 9.10. The summed E-state index contributed by atoms with van der Waals surface area (Å²) < 4.78 is 6.17. The number of benzene rings is 1. The van der Waals surface area contributed by atoms with Crippen LogP contribution in [0.5, 0.6) is 0 Å². The minimum atomic E-state index is 0.802. The van der Waals surface area contributed by atoms with E-state index in [1.807, 2.05) is 0 Å². The van der Waals surface area contributed by atoms with Crippen LogP contribution in [-0.4, -0.2) is 38.8 Å². The zero-order valence-electron chi connectivity index (χ0n) is 9.37. The molecule has 0 fully saturated rings. The van der Waals surface area contributed by atoms with Crippen molar-refractivity contribution in [2.45, 2.75) is 6.42 Å². The van der Waals surface area contributed by atoms with Gasteiger partial charge in [-0.15, -0.1) is 0 Å². The van der Waals surface area contributed by atoms with E-state index in [4.69, 9.17) is 4.74 Å². The first-order chi connectivity index (χ1) is 7.22. The van der Waals surface area contributed by atoms with Crippen LogP contribution in [0.1, 0.15) is 5.56 Å². The van der Waals surface area contributed by atoms with Gasteiger partial charge >= 0.3 is 0 Å². The highest BCUT2D eigenvalue weighted by Gasteiger charge is 1.98. The number of nitrogens with zero attached hydrogens (tertiary/aromatic N) is 1. The molecular formula is C12H18BrNO. The molecule has 15 heavy (non-hydrogen) atoms. The zero-order chi connectivity index (χ0) is 11.1. The molecule has 0 spiro atoms. The number of halogens is 1. The molecule has 2 nitrogen and oxygen atoms in total. The van der Waals surface area contributed by atoms with Gasteiger partial charge < -0.3 is 9.64 Å². The SMILES string of the molecule is COCCN(C)CCc1ccc(Br)cc1. The largest absolute Gasteiger partial charge is 0.383 e. The van der Waals surface area contributed by atoms with E-state index in [-0.39, 0.29) is 0 Å². The van der Waals surface area contributed by atoms with Gasteiger partial charge in [0.25, 0.3) is 0 Å². The second kappa shape index (κ2) is 6.99. The number of hydrogen-bond donors (Lipinski definition) is 0. The fraction of sp³-hybridized carbons (Fsp3) is 0.500. The number of likely N-dealkylation sites (N-methyl/N-ethyl adjacent to an activating group) is 1. The summed E-state index contributed by atoms with van der Waals surface area (Å²) in [4.78, 5) is 2.28. The lowest BCUT2D eigenvalue weighted by Gasteiger charge is -2.15. The molecule has 0 N–H and O–H groups in total. The summed E-state index contributed by atoms with van der Waals surface area (Å²) in [5.74, 6) is 0. The minimum absolute atomic E-state index is 0.802. The summed E-state index contributed by atoms with van der Waals surface area (Å²) in [6, 6.07) is 8.50. The first-order valence-electron chi connectivity index (χ1n) is 5.14. The van der Waals surface area contributed by atoms with Crippen molar-refractivity contribution in [1.29, 1.82) is 0 Å². The van der Waals surface area contributed by atoms with Crippen LogP contribution < -0.4 is 0 Å². The van der Waals surface area contributed by atoms with Crippen molar-refractivity contribution in [2.24, 2.45) is 0 Å². The van der Waals surface area contributed by atoms with Gasteiger partial charge in [-0.1, -0.05) is 28.1 Å². The highest BCUT2D eigenvalue weighted by Crippen LogP contribution is 2.10. The summed E-state index contributed by atoms with van der Waals surface area (Å²) >= 11 is 3.43. The van der Waals surface area contributed by atoms with E-state index in [0.29, 0.717) is 0 Å². The number of hydrogen-bond acceptors (Lipinski definition) is 2. The Labute approximate surface area is 100 Å². The van der Waals surface area contributed by atoms with Crippen molar-refractivity contribution in [2.75, 3.05) is 33.9 Å². The van der Waals surface area contributed by atoms with Crippen LogP contribution in [-0.2, 0) is 11.2 Å². The molecule has 0 unspecified atom stereocenters. The first-order valence-corrected chi connectivity index (χ1v) is 5.93. The molecular weight excluding hydrogens is 254 g/mol. The van der Waals surface area contributed by atoms with Crippen LogP contribution in [0, 0.1) is 0 Å². The minimum Gasteiger partial charge on any atom is -0.383 e. The first kappa shape index (κ1) is 12.7. The van der Waals surface area contributed by atoms with Gasteiger partial charge in [0, 0.05) is 24.7 Å². The molecule has 0 amide bonds. The quantitative estimate of drug-likeness (QED) is 0.789. The van der Waals surface area contributed by atoms with Crippen LogP contribution in [0.15, 0.2) is 28.7 Å². The van der Waals surface area contributed by atoms with Gasteiger partial charge in [-0.2, -0.15) is 0 Å². The average Bonchev–Trinajstić information content (AvgIpc) is 2.25. The number of ether oxygens (including phenoxy) is 1. The second-order valence-corrected chi connectivity index (χ2v) is 4.59. The van der Waals surface area contributed by atoms with Gasteiger partial charge in [-0.25, -0.2) is 0 Å². The van der Waals surface area contributed by atoms with E-state index in [1.54, 1.807) is 7.11 Å². The summed E-state index contributed by atoms with van der Waals surface area (Å²) in [6.07, 6.45) is 1.09. The molecule has 0 aliphatic heterocycles. The summed E-state index contributed by atoms with van der Waals surface area (Å²) in [7, 11) is 3.86. The molecule has 1 aromatic carbocycles. The normalized spacial score (nSPS) is 10.9. The smallest absolute Gasteiger partial charge is 0.0589 e. The summed E-state index contributed by atoms with van der Waals surface area (Å²) in [5, 5.41) is 0. The van der Waals surface area contributed by atoms with E-state index < -0.39 is 0 Å². The summed E-state index contributed by atoms with van der Waals surface area (Å²) in [5.41, 5.74) is 1.38. The molecule has 0 saturated heterocycles. The molecule has 0 bridgehead atoms. The van der Waals surface area contributed by atoms with E-state index >= 15 is 0 Å². The van der Waals surface area contributed by atoms with Crippen molar-refractivity contribution in [3.8, 4) is 0 Å². The summed E-state index contributed by atoms with van der Waals surface area (Å²) in [6.45, 7) is 2.87. The molecule has 84 valence electrons. The standard InChI is InChI=1S/C12H18BrNO/c1-14(9-10-15-2)8-7-11-3-5-12(13)6-4-11/h3-6H,7-10H2,1-2H3. The van der Waals surface area contributed by atoms with Crippen LogP contribution >= 0.6 is 15.9 Å². The maximum atomic E-state index is 5.03. The van der Waals surface area contributed by atoms with Crippen molar-refractivity contribution < 1.29 is 4.74 Å². The van der Waals surface area contributed by atoms with Gasteiger partial charge in [-0.05, 0) is 31.2 Å². The van der Waals surface area contributed by atoms with Gasteiger partial charge in [-0.3, -0.25) is 0 Å². The lowest BCUT2D eigenvalue weighted by atomic mass is 10.1. The fourth-order valence-corrected chi connectivity index (χ4v) is 1.59. The molecule has 0 heterocycles. The Kier molecular flexibility index (Phi) is 5.91. The Morgan fingerprint density at radius 1 is 1.20 bits per heavy atom. The van der Waals surface area contributed by atoms with Gasteiger partial charge in [0.1, 0.15) is 0 Å². The van der Waals surface area contributed by atoms with Crippen molar-refractivity contribution >= 4 is 15.9 Å². The molecule has 1 aromatic rings. The van der Waals surface area contributed by atoms with E-state index in [1.165, 1.54) is 5.56 Å². The predicted octanol–water partition coefficient (Wildman–Crippen LogP) is 2.57. The lowest BCUT2D eigenvalue weighted by molar-refractivity contribution is 0.162. The van der Waals surface area contributed by atoms with Crippen LogP contribution in [0.2, 0.25) is 0 Å². The highest BCUT2D eigenvalue weighted by atomic mass is 79.9. The molecule has 0 radical (unpaired) electrons. The van der Waals surface area contributed by atoms with Crippen molar-refractivity contribution in [3.63, 3.8) is 0 Å². The molecule has 0 aromatic heterocycles. The molecule has 0 aliphatic rings.